The molecule has 0 spiro atoms. The largest absolute Gasteiger partial charge is 0.357 e. The van der Waals surface area contributed by atoms with Crippen LogP contribution in [0.15, 0.2) is 0 Å². The van der Waals surface area contributed by atoms with Gasteiger partial charge < -0.3 is 5.32 Å². The zero-order chi connectivity index (χ0) is 10.4. The molecule has 0 aliphatic rings. The number of hydrogen-bond donors (Lipinski definition) is 1. The number of aryl methyl sites for hydroxylation is 1. The number of nitrogens with one attached hydrogen (secondary N) is 1. The van der Waals surface area contributed by atoms with Gasteiger partial charge in [0.15, 0.2) is 0 Å². The fourth-order valence-corrected chi connectivity index (χ4v) is 2.21. The van der Waals surface area contributed by atoms with Crippen molar-refractivity contribution in [2.75, 3.05) is 5.32 Å². The van der Waals surface area contributed by atoms with Gasteiger partial charge in [0.05, 0.1) is 0 Å². The molecule has 1 N–H and O–H groups in total. The van der Waals surface area contributed by atoms with Crippen molar-refractivity contribution >= 4 is 16.5 Å². The van der Waals surface area contributed by atoms with Crippen LogP contribution >= 0.6 is 11.3 Å². The quantitative estimate of drug-likeness (QED) is 0.789. The Bertz CT molecular complexity index is 256. The van der Waals surface area contributed by atoms with Gasteiger partial charge in [-0.15, -0.1) is 10.2 Å². The van der Waals surface area contributed by atoms with E-state index in [1.165, 1.54) is 0 Å². The molecule has 0 aromatic carbocycles. The van der Waals surface area contributed by atoms with Crippen molar-refractivity contribution in [1.29, 1.82) is 0 Å². The lowest BCUT2D eigenvalue weighted by atomic mass is 10.2. The lowest BCUT2D eigenvalue weighted by Gasteiger charge is -2.12. The second kappa shape index (κ2) is 5.96. The minimum Gasteiger partial charge on any atom is -0.357 e. The Balaban J connectivity index is 2.49. The van der Waals surface area contributed by atoms with E-state index < -0.39 is 0 Å². The van der Waals surface area contributed by atoms with E-state index in [1.807, 2.05) is 0 Å². The molecule has 0 atom stereocenters. The SMILES string of the molecule is CCCc1nnc(NC(CC)CC)s1. The van der Waals surface area contributed by atoms with Gasteiger partial charge in [-0.05, 0) is 19.3 Å². The summed E-state index contributed by atoms with van der Waals surface area (Å²) in [6, 6.07) is 0.539. The van der Waals surface area contributed by atoms with Gasteiger partial charge in [0, 0.05) is 12.5 Å². The molecule has 0 aliphatic heterocycles. The molecule has 14 heavy (non-hydrogen) atoms. The maximum Gasteiger partial charge on any atom is 0.205 e. The van der Waals surface area contributed by atoms with Crippen LogP contribution in [0.5, 0.6) is 0 Å². The normalized spacial score (nSPS) is 10.9. The van der Waals surface area contributed by atoms with Crippen LogP contribution in [0.25, 0.3) is 0 Å². The predicted molar refractivity (Wildman–Crippen MR) is 61.9 cm³/mol. The molecule has 0 unspecified atom stereocenters. The van der Waals surface area contributed by atoms with Crippen LogP contribution < -0.4 is 5.32 Å². The van der Waals surface area contributed by atoms with Gasteiger partial charge in [0.1, 0.15) is 5.01 Å². The first-order valence-electron chi connectivity index (χ1n) is 5.39. The van der Waals surface area contributed by atoms with Gasteiger partial charge in [-0.25, -0.2) is 0 Å². The van der Waals surface area contributed by atoms with Crippen molar-refractivity contribution in [3.63, 3.8) is 0 Å². The lowest BCUT2D eigenvalue weighted by molar-refractivity contribution is 0.669. The van der Waals surface area contributed by atoms with Gasteiger partial charge in [0.25, 0.3) is 0 Å². The summed E-state index contributed by atoms with van der Waals surface area (Å²) >= 11 is 1.68. The zero-order valence-corrected chi connectivity index (χ0v) is 10.0. The summed E-state index contributed by atoms with van der Waals surface area (Å²) in [7, 11) is 0. The molecule has 0 amide bonds. The highest BCUT2D eigenvalue weighted by molar-refractivity contribution is 7.15. The van der Waals surface area contributed by atoms with E-state index in [0.717, 1.165) is 35.8 Å². The molecule has 0 bridgehead atoms. The predicted octanol–water partition coefficient (Wildman–Crippen LogP) is 3.09. The van der Waals surface area contributed by atoms with Gasteiger partial charge in [-0.1, -0.05) is 32.1 Å². The van der Waals surface area contributed by atoms with Crippen molar-refractivity contribution in [2.24, 2.45) is 0 Å². The summed E-state index contributed by atoms with van der Waals surface area (Å²) in [6.07, 6.45) is 4.46. The highest BCUT2D eigenvalue weighted by Gasteiger charge is 2.07. The van der Waals surface area contributed by atoms with E-state index in [4.69, 9.17) is 0 Å². The minimum absolute atomic E-state index is 0.539. The highest BCUT2D eigenvalue weighted by Crippen LogP contribution is 2.18. The molecule has 0 radical (unpaired) electrons. The molecule has 0 saturated heterocycles. The topological polar surface area (TPSA) is 37.8 Å². The molecular formula is C10H19N3S. The van der Waals surface area contributed by atoms with Crippen molar-refractivity contribution in [3.05, 3.63) is 5.01 Å². The standard InChI is InChI=1S/C10H19N3S/c1-4-7-9-12-13-10(14-9)11-8(5-2)6-3/h8H,4-7H2,1-3H3,(H,11,13). The fourth-order valence-electron chi connectivity index (χ4n) is 1.29. The minimum atomic E-state index is 0.539. The molecule has 1 heterocycles. The van der Waals surface area contributed by atoms with Crippen molar-refractivity contribution in [1.82, 2.24) is 10.2 Å². The molecule has 3 nitrogen and oxygen atoms in total. The first-order valence-corrected chi connectivity index (χ1v) is 6.20. The third kappa shape index (κ3) is 3.25. The van der Waals surface area contributed by atoms with E-state index in [1.54, 1.807) is 11.3 Å². The van der Waals surface area contributed by atoms with E-state index in [0.29, 0.717) is 6.04 Å². The van der Waals surface area contributed by atoms with Crippen molar-refractivity contribution < 1.29 is 0 Å². The smallest absolute Gasteiger partial charge is 0.205 e. The number of nitrogens with zero attached hydrogens (tertiary/aromatic N) is 2. The molecule has 1 aromatic heterocycles. The molecule has 4 heteroatoms. The summed E-state index contributed by atoms with van der Waals surface area (Å²) in [4.78, 5) is 0. The summed E-state index contributed by atoms with van der Waals surface area (Å²) in [5, 5.41) is 13.8. The van der Waals surface area contributed by atoms with Crippen LogP contribution in [0, 0.1) is 0 Å². The molecule has 0 saturated carbocycles. The van der Waals surface area contributed by atoms with Crippen LogP contribution in [0.4, 0.5) is 5.13 Å². The Hall–Kier alpha value is -0.640. The average molecular weight is 213 g/mol. The molecule has 0 aliphatic carbocycles. The maximum absolute atomic E-state index is 4.13. The Morgan fingerprint density at radius 3 is 2.50 bits per heavy atom. The zero-order valence-electron chi connectivity index (χ0n) is 9.21. The number of hydrogen-bond acceptors (Lipinski definition) is 4. The molecule has 80 valence electrons. The number of anilines is 1. The molecule has 0 fully saturated rings. The van der Waals surface area contributed by atoms with E-state index in [-0.39, 0.29) is 0 Å². The second-order valence-corrected chi connectivity index (χ2v) is 4.47. The lowest BCUT2D eigenvalue weighted by Crippen LogP contribution is -2.16. The Kier molecular flexibility index (Phi) is 4.87. The van der Waals surface area contributed by atoms with Crippen LogP contribution in [-0.4, -0.2) is 16.2 Å². The Labute approximate surface area is 89.9 Å². The van der Waals surface area contributed by atoms with Crippen LogP contribution in [-0.2, 0) is 6.42 Å². The molecule has 1 rings (SSSR count). The summed E-state index contributed by atoms with van der Waals surface area (Å²) in [5.41, 5.74) is 0. The van der Waals surface area contributed by atoms with Crippen LogP contribution in [0.3, 0.4) is 0 Å². The first kappa shape index (κ1) is 11.4. The third-order valence-electron chi connectivity index (χ3n) is 2.24. The second-order valence-electron chi connectivity index (χ2n) is 3.41. The summed E-state index contributed by atoms with van der Waals surface area (Å²) < 4.78 is 0. The van der Waals surface area contributed by atoms with Crippen molar-refractivity contribution in [3.8, 4) is 0 Å². The van der Waals surface area contributed by atoms with E-state index in [2.05, 4.69) is 36.3 Å². The van der Waals surface area contributed by atoms with Gasteiger partial charge in [-0.2, -0.15) is 0 Å². The molecule has 1 aromatic rings. The number of aromatic nitrogens is 2. The van der Waals surface area contributed by atoms with E-state index in [9.17, 15) is 0 Å². The van der Waals surface area contributed by atoms with Gasteiger partial charge in [-0.3, -0.25) is 0 Å². The maximum atomic E-state index is 4.13. The average Bonchev–Trinajstić information content (AvgIpc) is 2.63. The highest BCUT2D eigenvalue weighted by atomic mass is 32.1. The summed E-state index contributed by atoms with van der Waals surface area (Å²) in [6.45, 7) is 6.54. The number of rotatable bonds is 6. The Morgan fingerprint density at radius 1 is 1.21 bits per heavy atom. The first-order chi connectivity index (χ1) is 6.80. The monoisotopic (exact) mass is 213 g/mol. The Morgan fingerprint density at radius 2 is 1.93 bits per heavy atom. The molecular weight excluding hydrogens is 194 g/mol. The van der Waals surface area contributed by atoms with Crippen molar-refractivity contribution in [2.45, 2.75) is 52.5 Å². The van der Waals surface area contributed by atoms with Crippen LogP contribution in [0.1, 0.15) is 45.0 Å². The van der Waals surface area contributed by atoms with Crippen LogP contribution in [0.2, 0.25) is 0 Å². The van der Waals surface area contributed by atoms with Gasteiger partial charge in [0.2, 0.25) is 5.13 Å². The fraction of sp³-hybridized carbons (Fsp3) is 0.800. The van der Waals surface area contributed by atoms with Gasteiger partial charge >= 0.3 is 0 Å². The van der Waals surface area contributed by atoms with E-state index >= 15 is 0 Å². The summed E-state index contributed by atoms with van der Waals surface area (Å²) in [5.74, 6) is 0. The third-order valence-corrected chi connectivity index (χ3v) is 3.16.